The fourth-order valence-corrected chi connectivity index (χ4v) is 3.08. The molecule has 1 N–H and O–H groups in total. The summed E-state index contributed by atoms with van der Waals surface area (Å²) < 4.78 is 5.16. The number of nitrogens with one attached hydrogen (secondary N) is 1. The van der Waals surface area contributed by atoms with Crippen LogP contribution in [0.1, 0.15) is 17.4 Å². The molecule has 0 saturated heterocycles. The van der Waals surface area contributed by atoms with Crippen molar-refractivity contribution in [3.8, 4) is 0 Å². The van der Waals surface area contributed by atoms with E-state index in [1.54, 1.807) is 11.8 Å². The number of carbonyl (C=O) groups is 1. The normalized spacial score (nSPS) is 11.1. The maximum absolute atomic E-state index is 12.2. The lowest BCUT2D eigenvalue weighted by Gasteiger charge is -2.03. The predicted octanol–water partition coefficient (Wildman–Crippen LogP) is 4.22. The first-order chi connectivity index (χ1) is 9.76. The van der Waals surface area contributed by atoms with Crippen LogP contribution in [0.2, 0.25) is 0 Å². The monoisotopic (exact) mass is 285 g/mol. The standard InChI is InChI=1S/C16H15NO2S/c1-3-19-16(18)14-13-11-7-5-4-6-10(11)8-9-12(13)15(17-14)20-2/h4-9,17H,3H2,1-2H3. The Labute approximate surface area is 121 Å². The number of benzene rings is 2. The largest absolute Gasteiger partial charge is 0.461 e. The molecule has 3 rings (SSSR count). The van der Waals surface area contributed by atoms with Gasteiger partial charge in [-0.3, -0.25) is 0 Å². The lowest BCUT2D eigenvalue weighted by atomic mass is 10.0. The molecule has 1 aromatic heterocycles. The van der Waals surface area contributed by atoms with Crippen LogP contribution in [-0.4, -0.2) is 23.8 Å². The first-order valence-electron chi connectivity index (χ1n) is 6.50. The summed E-state index contributed by atoms with van der Waals surface area (Å²) in [7, 11) is 0. The first-order valence-corrected chi connectivity index (χ1v) is 7.73. The molecule has 0 saturated carbocycles. The van der Waals surface area contributed by atoms with Gasteiger partial charge in [0, 0.05) is 10.8 Å². The number of hydrogen-bond donors (Lipinski definition) is 1. The zero-order valence-corrected chi connectivity index (χ0v) is 12.2. The zero-order chi connectivity index (χ0) is 14.1. The number of H-pyrrole nitrogens is 1. The molecule has 0 aliphatic carbocycles. The molecular formula is C16H15NO2S. The Morgan fingerprint density at radius 3 is 2.75 bits per heavy atom. The van der Waals surface area contributed by atoms with Crippen LogP contribution in [0.25, 0.3) is 21.5 Å². The van der Waals surface area contributed by atoms with Gasteiger partial charge in [-0.25, -0.2) is 4.79 Å². The van der Waals surface area contributed by atoms with E-state index >= 15 is 0 Å². The van der Waals surface area contributed by atoms with Crippen LogP contribution in [0.5, 0.6) is 0 Å². The molecule has 0 spiro atoms. The highest BCUT2D eigenvalue weighted by atomic mass is 32.2. The highest BCUT2D eigenvalue weighted by Gasteiger charge is 2.18. The number of esters is 1. The van der Waals surface area contributed by atoms with Gasteiger partial charge in [0.25, 0.3) is 0 Å². The number of aromatic amines is 1. The average Bonchev–Trinajstić information content (AvgIpc) is 2.86. The van der Waals surface area contributed by atoms with Crippen LogP contribution in [0.3, 0.4) is 0 Å². The summed E-state index contributed by atoms with van der Waals surface area (Å²) in [4.78, 5) is 15.4. The number of carbonyl (C=O) groups excluding carboxylic acids is 1. The van der Waals surface area contributed by atoms with Crippen LogP contribution in [0, 0.1) is 0 Å². The van der Waals surface area contributed by atoms with Crippen LogP contribution >= 0.6 is 11.8 Å². The molecular weight excluding hydrogens is 270 g/mol. The van der Waals surface area contributed by atoms with Gasteiger partial charge in [0.05, 0.1) is 11.6 Å². The summed E-state index contributed by atoms with van der Waals surface area (Å²) in [5.41, 5.74) is 0.544. The van der Waals surface area contributed by atoms with Crippen molar-refractivity contribution >= 4 is 39.3 Å². The number of hydrogen-bond acceptors (Lipinski definition) is 3. The number of aromatic nitrogens is 1. The molecule has 1 heterocycles. The molecule has 0 amide bonds. The Bertz CT molecular complexity index is 792. The quantitative estimate of drug-likeness (QED) is 0.578. The van der Waals surface area contributed by atoms with Crippen LogP contribution in [0.15, 0.2) is 41.4 Å². The van der Waals surface area contributed by atoms with Crippen molar-refractivity contribution in [2.45, 2.75) is 11.9 Å². The van der Waals surface area contributed by atoms with Crippen molar-refractivity contribution in [1.82, 2.24) is 4.98 Å². The average molecular weight is 285 g/mol. The van der Waals surface area contributed by atoms with Crippen LogP contribution < -0.4 is 0 Å². The highest BCUT2D eigenvalue weighted by Crippen LogP contribution is 2.34. The number of thioether (sulfide) groups is 1. The number of rotatable bonds is 3. The van der Waals surface area contributed by atoms with E-state index in [4.69, 9.17) is 4.74 Å². The Balaban J connectivity index is 2.38. The molecule has 0 bridgehead atoms. The third kappa shape index (κ3) is 1.96. The van der Waals surface area contributed by atoms with E-state index in [9.17, 15) is 4.79 Å². The molecule has 0 aliphatic rings. The Morgan fingerprint density at radius 1 is 1.20 bits per heavy atom. The lowest BCUT2D eigenvalue weighted by molar-refractivity contribution is 0.0522. The van der Waals surface area contributed by atoms with Gasteiger partial charge in [0.2, 0.25) is 0 Å². The van der Waals surface area contributed by atoms with Gasteiger partial charge < -0.3 is 9.72 Å². The molecule has 0 aliphatic heterocycles. The van der Waals surface area contributed by atoms with Gasteiger partial charge in [-0.15, -0.1) is 11.8 Å². The summed E-state index contributed by atoms with van der Waals surface area (Å²) in [6.07, 6.45) is 2.00. The van der Waals surface area contributed by atoms with E-state index in [0.29, 0.717) is 12.3 Å². The SMILES string of the molecule is CCOC(=O)c1[nH]c(SC)c2ccc3ccccc3c12. The van der Waals surface area contributed by atoms with E-state index in [1.807, 2.05) is 31.4 Å². The smallest absolute Gasteiger partial charge is 0.355 e. The predicted molar refractivity (Wildman–Crippen MR) is 83.5 cm³/mol. The molecule has 3 nitrogen and oxygen atoms in total. The van der Waals surface area contributed by atoms with Gasteiger partial charge in [-0.05, 0) is 24.0 Å². The summed E-state index contributed by atoms with van der Waals surface area (Å²) in [5, 5.41) is 5.21. The van der Waals surface area contributed by atoms with E-state index in [0.717, 1.165) is 26.6 Å². The van der Waals surface area contributed by atoms with Gasteiger partial charge in [0.1, 0.15) is 5.69 Å². The van der Waals surface area contributed by atoms with Gasteiger partial charge in [0.15, 0.2) is 0 Å². The molecule has 4 heteroatoms. The minimum absolute atomic E-state index is 0.297. The lowest BCUT2D eigenvalue weighted by Crippen LogP contribution is -2.05. The van der Waals surface area contributed by atoms with E-state index < -0.39 is 0 Å². The Kier molecular flexibility index (Phi) is 3.40. The first kappa shape index (κ1) is 13.1. The van der Waals surface area contributed by atoms with Crippen molar-refractivity contribution in [3.05, 3.63) is 42.1 Å². The molecule has 0 fully saturated rings. The second-order valence-corrected chi connectivity index (χ2v) is 5.28. The molecule has 2 aromatic carbocycles. The zero-order valence-electron chi connectivity index (χ0n) is 11.4. The Hall–Kier alpha value is -1.94. The second-order valence-electron chi connectivity index (χ2n) is 4.46. The van der Waals surface area contributed by atoms with E-state index in [-0.39, 0.29) is 5.97 Å². The topological polar surface area (TPSA) is 42.1 Å². The minimum Gasteiger partial charge on any atom is -0.461 e. The maximum Gasteiger partial charge on any atom is 0.355 e. The summed E-state index contributed by atoms with van der Waals surface area (Å²) in [5.74, 6) is -0.297. The van der Waals surface area contributed by atoms with E-state index in [1.165, 1.54) is 0 Å². The number of ether oxygens (including phenoxy) is 1. The molecule has 0 radical (unpaired) electrons. The molecule has 102 valence electrons. The van der Waals surface area contributed by atoms with Crippen LogP contribution in [-0.2, 0) is 4.74 Å². The number of fused-ring (bicyclic) bond motifs is 3. The maximum atomic E-state index is 12.2. The van der Waals surface area contributed by atoms with Crippen molar-refractivity contribution in [2.24, 2.45) is 0 Å². The summed E-state index contributed by atoms with van der Waals surface area (Å²) >= 11 is 1.60. The van der Waals surface area contributed by atoms with Gasteiger partial charge in [-0.1, -0.05) is 36.4 Å². The third-order valence-electron chi connectivity index (χ3n) is 3.35. The van der Waals surface area contributed by atoms with Gasteiger partial charge >= 0.3 is 5.97 Å². The fourth-order valence-electron chi connectivity index (χ4n) is 2.49. The summed E-state index contributed by atoms with van der Waals surface area (Å²) in [6.45, 7) is 2.19. The van der Waals surface area contributed by atoms with Crippen molar-refractivity contribution in [2.75, 3.05) is 12.9 Å². The van der Waals surface area contributed by atoms with Crippen molar-refractivity contribution < 1.29 is 9.53 Å². The molecule has 3 aromatic rings. The molecule has 20 heavy (non-hydrogen) atoms. The minimum atomic E-state index is -0.297. The second kappa shape index (κ2) is 5.21. The third-order valence-corrected chi connectivity index (χ3v) is 4.08. The summed E-state index contributed by atoms with van der Waals surface area (Å²) in [6, 6.07) is 12.2. The van der Waals surface area contributed by atoms with Crippen molar-refractivity contribution in [1.29, 1.82) is 0 Å². The molecule has 0 unspecified atom stereocenters. The molecule has 0 atom stereocenters. The van der Waals surface area contributed by atoms with Crippen molar-refractivity contribution in [3.63, 3.8) is 0 Å². The Morgan fingerprint density at radius 2 is 2.00 bits per heavy atom. The van der Waals surface area contributed by atoms with Gasteiger partial charge in [-0.2, -0.15) is 0 Å². The fraction of sp³-hybridized carbons (Fsp3) is 0.188. The highest BCUT2D eigenvalue weighted by molar-refractivity contribution is 7.98. The van der Waals surface area contributed by atoms with Crippen LogP contribution in [0.4, 0.5) is 0 Å². The van der Waals surface area contributed by atoms with E-state index in [2.05, 4.69) is 23.2 Å².